The van der Waals surface area contributed by atoms with E-state index < -0.39 is 0 Å². The molecule has 0 bridgehead atoms. The van der Waals surface area contributed by atoms with Gasteiger partial charge in [-0.3, -0.25) is 0 Å². The Labute approximate surface area is 117 Å². The Hall–Kier alpha value is -1.82. The lowest BCUT2D eigenvalue weighted by molar-refractivity contribution is 0.415. The normalized spacial score (nSPS) is 10.3. The molecular weight excluding hydrogens is 260 g/mol. The van der Waals surface area contributed by atoms with Gasteiger partial charge in [-0.25, -0.2) is 9.97 Å². The van der Waals surface area contributed by atoms with Crippen LogP contribution in [0.1, 0.15) is 16.7 Å². The molecule has 2 heterocycles. The first kappa shape index (κ1) is 13.6. The summed E-state index contributed by atoms with van der Waals surface area (Å²) in [6.07, 6.45) is 2.59. The van der Waals surface area contributed by atoms with Crippen molar-refractivity contribution in [1.29, 1.82) is 0 Å². The molecule has 102 valence electrons. The molecule has 19 heavy (non-hydrogen) atoms. The SMILES string of the molecule is CCc1ccc(CNc2ncnc(NC)c2OC)s1. The van der Waals surface area contributed by atoms with Crippen molar-refractivity contribution in [3.05, 3.63) is 28.2 Å². The maximum Gasteiger partial charge on any atom is 0.204 e. The zero-order chi connectivity index (χ0) is 13.7. The van der Waals surface area contributed by atoms with E-state index in [2.05, 4.69) is 39.7 Å². The second-order valence-corrected chi connectivity index (χ2v) is 5.18. The number of rotatable bonds is 6. The molecule has 0 saturated carbocycles. The molecule has 0 unspecified atom stereocenters. The predicted octanol–water partition coefficient (Wildman–Crippen LogP) is 2.76. The quantitative estimate of drug-likeness (QED) is 0.851. The van der Waals surface area contributed by atoms with E-state index in [1.54, 1.807) is 14.2 Å². The molecule has 0 aliphatic carbocycles. The highest BCUT2D eigenvalue weighted by Crippen LogP contribution is 2.29. The smallest absolute Gasteiger partial charge is 0.204 e. The summed E-state index contributed by atoms with van der Waals surface area (Å²) in [7, 11) is 3.42. The van der Waals surface area contributed by atoms with Crippen LogP contribution in [0, 0.1) is 0 Å². The summed E-state index contributed by atoms with van der Waals surface area (Å²) >= 11 is 1.81. The largest absolute Gasteiger partial charge is 0.490 e. The second-order valence-electron chi connectivity index (χ2n) is 3.93. The molecule has 0 aliphatic rings. The first-order valence-electron chi connectivity index (χ1n) is 6.16. The van der Waals surface area contributed by atoms with Crippen LogP contribution in [0.15, 0.2) is 18.5 Å². The maximum absolute atomic E-state index is 5.34. The molecule has 0 atom stereocenters. The molecule has 0 aromatic carbocycles. The maximum atomic E-state index is 5.34. The fourth-order valence-corrected chi connectivity index (χ4v) is 2.65. The van der Waals surface area contributed by atoms with Crippen LogP contribution >= 0.6 is 11.3 Å². The highest BCUT2D eigenvalue weighted by atomic mass is 32.1. The molecule has 0 aliphatic heterocycles. The van der Waals surface area contributed by atoms with Gasteiger partial charge in [0, 0.05) is 16.8 Å². The summed E-state index contributed by atoms with van der Waals surface area (Å²) in [6.45, 7) is 2.90. The highest BCUT2D eigenvalue weighted by molar-refractivity contribution is 7.12. The number of aryl methyl sites for hydroxylation is 1. The van der Waals surface area contributed by atoms with Gasteiger partial charge in [0.2, 0.25) is 5.75 Å². The van der Waals surface area contributed by atoms with E-state index in [4.69, 9.17) is 4.74 Å². The van der Waals surface area contributed by atoms with E-state index in [1.165, 1.54) is 16.1 Å². The highest BCUT2D eigenvalue weighted by Gasteiger charge is 2.10. The zero-order valence-corrected chi connectivity index (χ0v) is 12.2. The van der Waals surface area contributed by atoms with Gasteiger partial charge in [-0.2, -0.15) is 0 Å². The Morgan fingerprint density at radius 3 is 2.58 bits per heavy atom. The zero-order valence-electron chi connectivity index (χ0n) is 11.4. The van der Waals surface area contributed by atoms with Crippen molar-refractivity contribution >= 4 is 23.0 Å². The summed E-state index contributed by atoms with van der Waals surface area (Å²) in [4.78, 5) is 11.0. The lowest BCUT2D eigenvalue weighted by Crippen LogP contribution is -2.05. The third kappa shape index (κ3) is 3.14. The van der Waals surface area contributed by atoms with Gasteiger partial charge in [0.25, 0.3) is 0 Å². The molecule has 0 fully saturated rings. The average Bonchev–Trinajstić information content (AvgIpc) is 2.92. The minimum absolute atomic E-state index is 0.636. The molecule has 2 N–H and O–H groups in total. The number of ether oxygens (including phenoxy) is 1. The number of anilines is 2. The predicted molar refractivity (Wildman–Crippen MR) is 79.2 cm³/mol. The molecule has 2 aromatic heterocycles. The molecule has 0 amide bonds. The van der Waals surface area contributed by atoms with E-state index in [9.17, 15) is 0 Å². The van der Waals surface area contributed by atoms with Gasteiger partial charge in [-0.05, 0) is 18.6 Å². The van der Waals surface area contributed by atoms with Gasteiger partial charge in [-0.15, -0.1) is 11.3 Å². The van der Waals surface area contributed by atoms with Gasteiger partial charge < -0.3 is 15.4 Å². The van der Waals surface area contributed by atoms with Gasteiger partial charge in [0.15, 0.2) is 11.6 Å². The molecule has 2 aromatic rings. The Balaban J connectivity index is 2.10. The van der Waals surface area contributed by atoms with Gasteiger partial charge in [-0.1, -0.05) is 6.92 Å². The van der Waals surface area contributed by atoms with Crippen LogP contribution in [0.4, 0.5) is 11.6 Å². The van der Waals surface area contributed by atoms with Crippen LogP contribution in [0.3, 0.4) is 0 Å². The standard InChI is InChI=1S/C13H18N4OS/c1-4-9-5-6-10(19-9)7-15-13-11(18-3)12(14-2)16-8-17-13/h5-6,8H,4,7H2,1-3H3,(H2,14,15,16,17). The Morgan fingerprint density at radius 1 is 1.21 bits per heavy atom. The van der Waals surface area contributed by atoms with Crippen LogP contribution in [0.25, 0.3) is 0 Å². The summed E-state index contributed by atoms with van der Waals surface area (Å²) in [5.74, 6) is 2.02. The fourth-order valence-electron chi connectivity index (χ4n) is 1.75. The third-order valence-corrected chi connectivity index (χ3v) is 3.97. The number of hydrogen-bond acceptors (Lipinski definition) is 6. The molecule has 2 rings (SSSR count). The summed E-state index contributed by atoms with van der Waals surface area (Å²) < 4.78 is 5.34. The van der Waals surface area contributed by atoms with Crippen LogP contribution < -0.4 is 15.4 Å². The van der Waals surface area contributed by atoms with Crippen molar-refractivity contribution in [2.24, 2.45) is 0 Å². The average molecular weight is 278 g/mol. The van der Waals surface area contributed by atoms with E-state index in [0.29, 0.717) is 17.4 Å². The topological polar surface area (TPSA) is 59.1 Å². The number of nitrogens with zero attached hydrogens (tertiary/aromatic N) is 2. The Kier molecular flexibility index (Phi) is 4.57. The van der Waals surface area contributed by atoms with Gasteiger partial charge >= 0.3 is 0 Å². The number of thiophene rings is 1. The molecular formula is C13H18N4OS. The molecule has 0 spiro atoms. The minimum atomic E-state index is 0.636. The number of aromatic nitrogens is 2. The van der Waals surface area contributed by atoms with E-state index >= 15 is 0 Å². The van der Waals surface area contributed by atoms with Gasteiger partial charge in [0.05, 0.1) is 13.7 Å². The summed E-state index contributed by atoms with van der Waals surface area (Å²) in [5, 5.41) is 6.27. The Bertz CT molecular complexity index is 541. The monoisotopic (exact) mass is 278 g/mol. The second kappa shape index (κ2) is 6.38. The van der Waals surface area contributed by atoms with Crippen molar-refractivity contribution in [3.63, 3.8) is 0 Å². The van der Waals surface area contributed by atoms with Crippen LogP contribution in [-0.4, -0.2) is 24.1 Å². The van der Waals surface area contributed by atoms with Crippen molar-refractivity contribution in [2.45, 2.75) is 19.9 Å². The van der Waals surface area contributed by atoms with Crippen molar-refractivity contribution < 1.29 is 4.74 Å². The van der Waals surface area contributed by atoms with Crippen LogP contribution in [0.5, 0.6) is 5.75 Å². The van der Waals surface area contributed by atoms with E-state index in [0.717, 1.165) is 13.0 Å². The van der Waals surface area contributed by atoms with Crippen LogP contribution in [0.2, 0.25) is 0 Å². The molecule has 6 heteroatoms. The molecule has 0 saturated heterocycles. The minimum Gasteiger partial charge on any atom is -0.490 e. The molecule has 5 nitrogen and oxygen atoms in total. The number of nitrogens with one attached hydrogen (secondary N) is 2. The third-order valence-electron chi connectivity index (χ3n) is 2.74. The van der Waals surface area contributed by atoms with Crippen molar-refractivity contribution in [1.82, 2.24) is 9.97 Å². The number of methoxy groups -OCH3 is 1. The van der Waals surface area contributed by atoms with Crippen molar-refractivity contribution in [3.8, 4) is 5.75 Å². The first-order valence-corrected chi connectivity index (χ1v) is 6.98. The summed E-state index contributed by atoms with van der Waals surface area (Å²) in [6, 6.07) is 4.31. The molecule has 0 radical (unpaired) electrons. The first-order chi connectivity index (χ1) is 9.28. The van der Waals surface area contributed by atoms with E-state index in [-0.39, 0.29) is 0 Å². The van der Waals surface area contributed by atoms with Crippen molar-refractivity contribution in [2.75, 3.05) is 24.8 Å². The Morgan fingerprint density at radius 2 is 1.95 bits per heavy atom. The number of hydrogen-bond donors (Lipinski definition) is 2. The lowest BCUT2D eigenvalue weighted by Gasteiger charge is -2.12. The van der Waals surface area contributed by atoms with Gasteiger partial charge in [0.1, 0.15) is 6.33 Å². The van der Waals surface area contributed by atoms with Crippen LogP contribution in [-0.2, 0) is 13.0 Å². The fraction of sp³-hybridized carbons (Fsp3) is 0.385. The van der Waals surface area contributed by atoms with E-state index in [1.807, 2.05) is 11.3 Å². The summed E-state index contributed by atoms with van der Waals surface area (Å²) in [5.41, 5.74) is 0. The lowest BCUT2D eigenvalue weighted by atomic mass is 10.3.